The van der Waals surface area contributed by atoms with E-state index < -0.39 is 17.9 Å². The standard InChI is InChI=1S/C15H16ClNO6/c1-3-22-14(20)11(15(21)23-4-2)8-17-9-5-6-12(16)10(7-9)13(18)19/h5-8,17H,3-4H2,1-2H3,(H,18,19). The fourth-order valence-corrected chi connectivity index (χ4v) is 1.75. The zero-order valence-electron chi connectivity index (χ0n) is 12.6. The molecule has 1 aromatic carbocycles. The van der Waals surface area contributed by atoms with Gasteiger partial charge in [0, 0.05) is 11.9 Å². The van der Waals surface area contributed by atoms with Crippen LogP contribution in [0.2, 0.25) is 5.02 Å². The predicted octanol–water partition coefficient (Wildman–Crippen LogP) is 2.46. The van der Waals surface area contributed by atoms with Gasteiger partial charge in [0.2, 0.25) is 0 Å². The Morgan fingerprint density at radius 2 is 1.74 bits per heavy atom. The summed E-state index contributed by atoms with van der Waals surface area (Å²) >= 11 is 5.77. The third-order valence-electron chi connectivity index (χ3n) is 2.57. The van der Waals surface area contributed by atoms with Gasteiger partial charge in [0.15, 0.2) is 5.57 Å². The number of hydrogen-bond acceptors (Lipinski definition) is 6. The first-order valence-corrected chi connectivity index (χ1v) is 7.12. The first-order chi connectivity index (χ1) is 10.9. The van der Waals surface area contributed by atoms with E-state index in [-0.39, 0.29) is 29.4 Å². The molecule has 0 radical (unpaired) electrons. The maximum Gasteiger partial charge on any atom is 0.347 e. The summed E-state index contributed by atoms with van der Waals surface area (Å²) in [6, 6.07) is 4.16. The Hall–Kier alpha value is -2.54. The third-order valence-corrected chi connectivity index (χ3v) is 2.90. The Morgan fingerprint density at radius 1 is 1.17 bits per heavy atom. The molecule has 0 fully saturated rings. The number of carboxylic acids is 1. The molecule has 7 nitrogen and oxygen atoms in total. The summed E-state index contributed by atoms with van der Waals surface area (Å²) in [7, 11) is 0. The highest BCUT2D eigenvalue weighted by Crippen LogP contribution is 2.21. The van der Waals surface area contributed by atoms with Crippen molar-refractivity contribution < 1.29 is 29.0 Å². The number of ether oxygens (including phenoxy) is 2. The van der Waals surface area contributed by atoms with Crippen LogP contribution in [-0.4, -0.2) is 36.2 Å². The van der Waals surface area contributed by atoms with Crippen molar-refractivity contribution in [2.45, 2.75) is 13.8 Å². The minimum atomic E-state index is -1.20. The van der Waals surface area contributed by atoms with Crippen LogP contribution in [0.3, 0.4) is 0 Å². The van der Waals surface area contributed by atoms with E-state index in [1.54, 1.807) is 13.8 Å². The average Bonchev–Trinajstić information content (AvgIpc) is 2.49. The van der Waals surface area contributed by atoms with Crippen molar-refractivity contribution in [1.82, 2.24) is 0 Å². The van der Waals surface area contributed by atoms with Gasteiger partial charge in [-0.15, -0.1) is 0 Å². The second kappa shape index (κ2) is 8.79. The molecule has 0 aliphatic carbocycles. The highest BCUT2D eigenvalue weighted by molar-refractivity contribution is 6.33. The van der Waals surface area contributed by atoms with Crippen LogP contribution in [0.15, 0.2) is 30.0 Å². The second-order valence-electron chi connectivity index (χ2n) is 4.14. The summed E-state index contributed by atoms with van der Waals surface area (Å²) in [5.41, 5.74) is -0.114. The van der Waals surface area contributed by atoms with Crippen LogP contribution in [0, 0.1) is 0 Å². The SMILES string of the molecule is CCOC(=O)C(=CNc1ccc(Cl)c(C(=O)O)c1)C(=O)OCC. The molecule has 0 atom stereocenters. The van der Waals surface area contributed by atoms with E-state index in [9.17, 15) is 14.4 Å². The van der Waals surface area contributed by atoms with Crippen molar-refractivity contribution in [3.63, 3.8) is 0 Å². The topological polar surface area (TPSA) is 102 Å². The number of benzene rings is 1. The van der Waals surface area contributed by atoms with Gasteiger partial charge < -0.3 is 19.9 Å². The molecule has 0 amide bonds. The first kappa shape index (κ1) is 18.5. The quantitative estimate of drug-likeness (QED) is 0.340. The lowest BCUT2D eigenvalue weighted by atomic mass is 10.2. The predicted molar refractivity (Wildman–Crippen MR) is 83.4 cm³/mol. The summed E-state index contributed by atoms with van der Waals surface area (Å²) in [5.74, 6) is -2.88. The lowest BCUT2D eigenvalue weighted by molar-refractivity contribution is -0.146. The monoisotopic (exact) mass is 341 g/mol. The van der Waals surface area contributed by atoms with Crippen LogP contribution in [0.1, 0.15) is 24.2 Å². The number of carbonyl (C=O) groups is 3. The Balaban J connectivity index is 3.04. The fourth-order valence-electron chi connectivity index (χ4n) is 1.55. The van der Waals surface area contributed by atoms with Gasteiger partial charge in [-0.25, -0.2) is 14.4 Å². The van der Waals surface area contributed by atoms with Gasteiger partial charge in [-0.05, 0) is 32.0 Å². The van der Waals surface area contributed by atoms with Crippen LogP contribution in [0.5, 0.6) is 0 Å². The summed E-state index contributed by atoms with van der Waals surface area (Å²) in [6.07, 6.45) is 1.10. The molecule has 23 heavy (non-hydrogen) atoms. The molecule has 1 rings (SSSR count). The van der Waals surface area contributed by atoms with E-state index in [0.717, 1.165) is 6.20 Å². The molecule has 1 aromatic rings. The molecule has 2 N–H and O–H groups in total. The van der Waals surface area contributed by atoms with Crippen molar-refractivity contribution in [3.8, 4) is 0 Å². The molecule has 124 valence electrons. The van der Waals surface area contributed by atoms with Gasteiger partial charge >= 0.3 is 17.9 Å². The summed E-state index contributed by atoms with van der Waals surface area (Å²) in [4.78, 5) is 34.6. The average molecular weight is 342 g/mol. The lowest BCUT2D eigenvalue weighted by Crippen LogP contribution is -2.19. The molecule has 0 aliphatic heterocycles. The second-order valence-corrected chi connectivity index (χ2v) is 4.55. The van der Waals surface area contributed by atoms with Crippen LogP contribution in [0.4, 0.5) is 5.69 Å². The van der Waals surface area contributed by atoms with E-state index in [1.165, 1.54) is 18.2 Å². The number of anilines is 1. The van der Waals surface area contributed by atoms with Crippen LogP contribution in [-0.2, 0) is 19.1 Å². The largest absolute Gasteiger partial charge is 0.478 e. The Morgan fingerprint density at radius 3 is 2.22 bits per heavy atom. The molecule has 0 heterocycles. The molecular weight excluding hydrogens is 326 g/mol. The summed E-state index contributed by atoms with van der Waals surface area (Å²) in [5, 5.41) is 11.7. The molecule has 0 unspecified atom stereocenters. The van der Waals surface area contributed by atoms with Gasteiger partial charge in [-0.3, -0.25) is 0 Å². The maximum absolute atomic E-state index is 11.8. The molecule has 0 saturated carbocycles. The summed E-state index contributed by atoms with van der Waals surface area (Å²) in [6.45, 7) is 3.40. The highest BCUT2D eigenvalue weighted by Gasteiger charge is 2.21. The van der Waals surface area contributed by atoms with Gasteiger partial charge in [0.25, 0.3) is 0 Å². The van der Waals surface area contributed by atoms with E-state index in [0.29, 0.717) is 5.69 Å². The maximum atomic E-state index is 11.8. The Labute approximate surface area is 137 Å². The number of esters is 2. The van der Waals surface area contributed by atoms with Crippen LogP contribution >= 0.6 is 11.6 Å². The van der Waals surface area contributed by atoms with E-state index in [2.05, 4.69) is 5.32 Å². The van der Waals surface area contributed by atoms with Crippen LogP contribution < -0.4 is 5.32 Å². The molecule has 0 aliphatic rings. The zero-order valence-corrected chi connectivity index (χ0v) is 13.3. The molecule has 0 bridgehead atoms. The molecule has 8 heteroatoms. The smallest absolute Gasteiger partial charge is 0.347 e. The highest BCUT2D eigenvalue weighted by atomic mass is 35.5. The summed E-state index contributed by atoms with van der Waals surface area (Å²) < 4.78 is 9.56. The molecule has 0 spiro atoms. The van der Waals surface area contributed by atoms with E-state index in [4.69, 9.17) is 26.2 Å². The Bertz CT molecular complexity index is 621. The number of halogens is 1. The zero-order chi connectivity index (χ0) is 17.4. The number of nitrogens with one attached hydrogen (secondary N) is 1. The number of rotatable bonds is 7. The number of hydrogen-bond donors (Lipinski definition) is 2. The van der Waals surface area contributed by atoms with Crippen molar-refractivity contribution in [3.05, 3.63) is 40.6 Å². The fraction of sp³-hybridized carbons (Fsp3) is 0.267. The van der Waals surface area contributed by atoms with Crippen LogP contribution in [0.25, 0.3) is 0 Å². The van der Waals surface area contributed by atoms with Crippen molar-refractivity contribution in [2.24, 2.45) is 0 Å². The normalized spacial score (nSPS) is 9.70. The van der Waals surface area contributed by atoms with E-state index in [1.807, 2.05) is 0 Å². The first-order valence-electron chi connectivity index (χ1n) is 6.74. The molecule has 0 saturated heterocycles. The van der Waals surface area contributed by atoms with Gasteiger partial charge in [-0.1, -0.05) is 11.6 Å². The number of carboxylic acid groups (broad SMARTS) is 1. The number of carbonyl (C=O) groups excluding carboxylic acids is 2. The number of aromatic carboxylic acids is 1. The van der Waals surface area contributed by atoms with Crippen molar-refractivity contribution >= 4 is 35.2 Å². The molecular formula is C15H16ClNO6. The van der Waals surface area contributed by atoms with Crippen molar-refractivity contribution in [1.29, 1.82) is 0 Å². The van der Waals surface area contributed by atoms with Gasteiger partial charge in [0.1, 0.15) is 0 Å². The Kier molecular flexibility index (Phi) is 7.08. The minimum absolute atomic E-state index is 0.0723. The van der Waals surface area contributed by atoms with E-state index >= 15 is 0 Å². The minimum Gasteiger partial charge on any atom is -0.478 e. The third kappa shape index (κ3) is 5.30. The lowest BCUT2D eigenvalue weighted by Gasteiger charge is -2.08. The van der Waals surface area contributed by atoms with Crippen molar-refractivity contribution in [2.75, 3.05) is 18.5 Å². The molecule has 0 aromatic heterocycles. The van der Waals surface area contributed by atoms with Gasteiger partial charge in [-0.2, -0.15) is 0 Å². The van der Waals surface area contributed by atoms with Gasteiger partial charge in [0.05, 0.1) is 23.8 Å².